The Morgan fingerprint density at radius 3 is 2.20 bits per heavy atom. The molecule has 2 amide bonds. The van der Waals surface area contributed by atoms with Crippen LogP contribution in [-0.2, 0) is 35.7 Å². The van der Waals surface area contributed by atoms with Crippen molar-refractivity contribution in [2.45, 2.75) is 37.9 Å². The van der Waals surface area contributed by atoms with Crippen molar-refractivity contribution in [1.29, 1.82) is 0 Å². The topological polar surface area (TPSA) is 111 Å². The summed E-state index contributed by atoms with van der Waals surface area (Å²) in [5, 5.41) is 2.42. The van der Waals surface area contributed by atoms with E-state index in [0.717, 1.165) is 16.4 Å². The molecule has 35 heavy (non-hydrogen) atoms. The monoisotopic (exact) mass is 520 g/mol. The number of carbonyl (C=O) groups is 3. The van der Waals surface area contributed by atoms with Gasteiger partial charge in [-0.15, -0.1) is 0 Å². The van der Waals surface area contributed by atoms with Crippen molar-refractivity contribution in [3.63, 3.8) is 0 Å². The van der Waals surface area contributed by atoms with Crippen LogP contribution in [0.3, 0.4) is 0 Å². The van der Waals surface area contributed by atoms with Crippen molar-refractivity contribution < 1.29 is 32.8 Å². The number of nitrogens with one attached hydrogen (secondary N) is 1. The maximum atomic E-state index is 12.7. The van der Waals surface area contributed by atoms with E-state index in [0.29, 0.717) is 11.3 Å². The zero-order chi connectivity index (χ0) is 25.8. The summed E-state index contributed by atoms with van der Waals surface area (Å²) in [5.41, 5.74) is 0.989. The number of β-lactam (4-membered cyclic amide) rings is 1. The predicted octanol–water partition coefficient (Wildman–Crippen LogP) is 3.40. The van der Waals surface area contributed by atoms with Crippen molar-refractivity contribution in [3.05, 3.63) is 66.2 Å². The molecule has 3 aliphatic heterocycles. The van der Waals surface area contributed by atoms with E-state index in [1.807, 2.05) is 24.3 Å². The van der Waals surface area contributed by atoms with E-state index in [2.05, 4.69) is 11.9 Å². The van der Waals surface area contributed by atoms with Crippen LogP contribution in [0.25, 0.3) is 0 Å². The summed E-state index contributed by atoms with van der Waals surface area (Å²) in [7, 11) is 5.14. The number of benzene rings is 2. The molecule has 3 atom stereocenters. The number of esters is 1. The van der Waals surface area contributed by atoms with Gasteiger partial charge in [-0.2, -0.15) is 0 Å². The number of carbonyl (C=O) groups excluding carboxylic acids is 3. The normalized spacial score (nSPS) is 18.9. The molecule has 2 aromatic rings. The summed E-state index contributed by atoms with van der Waals surface area (Å²) in [4.78, 5) is 35.8. The maximum Gasteiger partial charge on any atom is 0.333 e. The van der Waals surface area contributed by atoms with Gasteiger partial charge in [0.1, 0.15) is 23.9 Å². The molecule has 11 heteroatoms. The number of nitrogens with zero attached hydrogens (tertiary/aromatic N) is 1. The maximum absolute atomic E-state index is 12.7. The van der Waals surface area contributed by atoms with Crippen LogP contribution >= 0.6 is 10.7 Å². The average molecular weight is 521 g/mol. The van der Waals surface area contributed by atoms with Crippen LogP contribution in [0.2, 0.25) is 0 Å². The molecule has 3 heterocycles. The third-order valence-corrected chi connectivity index (χ3v) is 6.96. The summed E-state index contributed by atoms with van der Waals surface area (Å²) < 4.78 is 27.5. The van der Waals surface area contributed by atoms with Gasteiger partial charge in [0, 0.05) is 13.0 Å². The van der Waals surface area contributed by atoms with Gasteiger partial charge in [-0.1, -0.05) is 24.8 Å². The number of hydrogen-bond donors (Lipinski definition) is 1. The van der Waals surface area contributed by atoms with E-state index in [-0.39, 0.29) is 18.6 Å². The molecule has 9 nitrogen and oxygen atoms in total. The first-order chi connectivity index (χ1) is 16.6. The minimum atomic E-state index is -2.17. The Bertz CT molecular complexity index is 1150. The van der Waals surface area contributed by atoms with Crippen molar-refractivity contribution >= 4 is 38.5 Å². The number of halogens is 1. The Hall–Kier alpha value is -3.37. The summed E-state index contributed by atoms with van der Waals surface area (Å²) >= 11 is 0. The first-order valence-corrected chi connectivity index (χ1v) is 12.5. The van der Waals surface area contributed by atoms with E-state index < -0.39 is 38.8 Å². The van der Waals surface area contributed by atoms with Crippen LogP contribution < -0.4 is 14.8 Å². The largest absolute Gasteiger partial charge is 0.497 e. The van der Waals surface area contributed by atoms with Crippen molar-refractivity contribution in [1.82, 2.24) is 10.2 Å². The van der Waals surface area contributed by atoms with E-state index in [1.165, 1.54) is 13.8 Å². The fraction of sp³-hybridized carbons (Fsp3) is 0.292. The van der Waals surface area contributed by atoms with Gasteiger partial charge in [0.25, 0.3) is 0 Å². The molecule has 1 saturated heterocycles. The molecule has 0 radical (unpaired) electrons. The number of ether oxygens (including phenoxy) is 3. The zero-order valence-electron chi connectivity index (χ0n) is 19.4. The number of hydrogen-bond acceptors (Lipinski definition) is 7. The summed E-state index contributed by atoms with van der Waals surface area (Å²) in [6, 6.07) is 13.5. The highest BCUT2D eigenvalue weighted by Crippen LogP contribution is 2.38. The predicted molar refractivity (Wildman–Crippen MR) is 130 cm³/mol. The second-order valence-corrected chi connectivity index (χ2v) is 9.87. The highest BCUT2D eigenvalue weighted by Gasteiger charge is 2.60. The number of rotatable bonds is 8. The molecule has 2 bridgehead atoms. The van der Waals surface area contributed by atoms with Crippen LogP contribution in [0.15, 0.2) is 60.7 Å². The molecule has 186 valence electrons. The quantitative estimate of drug-likeness (QED) is 0.210. The molecular formula is C24H25ClN2O7S. The van der Waals surface area contributed by atoms with Crippen LogP contribution in [0.1, 0.15) is 25.8 Å². The van der Waals surface area contributed by atoms with Gasteiger partial charge in [0.2, 0.25) is 16.8 Å². The Labute approximate surface area is 209 Å². The molecule has 1 fully saturated rings. The summed E-state index contributed by atoms with van der Waals surface area (Å²) in [5.74, 6) is 0.810. The molecule has 0 aliphatic carbocycles. The third-order valence-electron chi connectivity index (χ3n) is 5.22. The van der Waals surface area contributed by atoms with E-state index in [4.69, 9.17) is 24.9 Å². The standard InChI is InChI=1S/C18H21ClN2O6S.C6H4O/c1-11(2)16(17(24)27-10-13-5-7-14(26-4)8-6-13)21-15(23)9-18(21,28(19)25)20-12(3)22;1-2-5-4-6(3-1)7-5/h5-8,16H,1,9-10H2,2-4H3,(H,20,22);1-4H. The number of fused-ring (bicyclic) bond motifs is 2. The third kappa shape index (κ3) is 5.83. The molecule has 0 spiro atoms. The van der Waals surface area contributed by atoms with Crippen LogP contribution in [-0.4, -0.2) is 45.0 Å². The molecule has 3 unspecified atom stereocenters. The molecule has 3 aliphatic rings. The van der Waals surface area contributed by atoms with Gasteiger partial charge in [0.15, 0.2) is 16.1 Å². The lowest BCUT2D eigenvalue weighted by Gasteiger charge is -2.51. The smallest absolute Gasteiger partial charge is 0.333 e. The lowest BCUT2D eigenvalue weighted by molar-refractivity contribution is -0.169. The summed E-state index contributed by atoms with van der Waals surface area (Å²) in [6.07, 6.45) is -0.293. The fourth-order valence-electron chi connectivity index (χ4n) is 3.55. The number of likely N-dealkylation sites (tertiary alicyclic amines) is 1. The first-order valence-electron chi connectivity index (χ1n) is 10.5. The second-order valence-electron chi connectivity index (χ2n) is 7.91. The van der Waals surface area contributed by atoms with E-state index in [1.54, 1.807) is 31.4 Å². The van der Waals surface area contributed by atoms with Gasteiger partial charge in [-0.25, -0.2) is 9.00 Å². The Morgan fingerprint density at radius 2 is 1.83 bits per heavy atom. The molecule has 1 N–H and O–H groups in total. The fourth-order valence-corrected chi connectivity index (χ4v) is 4.88. The van der Waals surface area contributed by atoms with Crippen LogP contribution in [0.5, 0.6) is 17.2 Å². The molecule has 0 aromatic heterocycles. The van der Waals surface area contributed by atoms with Crippen molar-refractivity contribution in [3.8, 4) is 17.2 Å². The van der Waals surface area contributed by atoms with E-state index >= 15 is 0 Å². The van der Waals surface area contributed by atoms with Gasteiger partial charge in [-0.3, -0.25) is 14.5 Å². The molecule has 5 rings (SSSR count). The Morgan fingerprint density at radius 1 is 1.23 bits per heavy atom. The molecule has 2 aromatic carbocycles. The number of methoxy groups -OCH3 is 1. The van der Waals surface area contributed by atoms with Crippen LogP contribution in [0, 0.1) is 0 Å². The van der Waals surface area contributed by atoms with Gasteiger partial charge in [0.05, 0.1) is 13.5 Å². The lowest BCUT2D eigenvalue weighted by Crippen LogP contribution is -2.76. The zero-order valence-corrected chi connectivity index (χ0v) is 21.0. The minimum absolute atomic E-state index is 0.0499. The first kappa shape index (κ1) is 26.2. The SMILES string of the molecule is C=C(C)C(C(=O)OCc1ccc(OC)cc1)N1C(=O)CC1(NC(C)=O)S(=O)Cl.c1cc2cc(c1)O2. The molecular weight excluding hydrogens is 496 g/mol. The highest BCUT2D eigenvalue weighted by molar-refractivity contribution is 8.09. The number of amides is 2. The van der Waals surface area contributed by atoms with E-state index in [9.17, 15) is 18.6 Å². The van der Waals surface area contributed by atoms with Crippen molar-refractivity contribution in [2.24, 2.45) is 0 Å². The second kappa shape index (κ2) is 10.9. The lowest BCUT2D eigenvalue weighted by atomic mass is 9.99. The van der Waals surface area contributed by atoms with Crippen LogP contribution in [0.4, 0.5) is 0 Å². The highest BCUT2D eigenvalue weighted by atomic mass is 35.7. The Kier molecular flexibility index (Phi) is 8.18. The molecule has 0 saturated carbocycles. The van der Waals surface area contributed by atoms with Gasteiger partial charge in [-0.05, 0) is 53.0 Å². The summed E-state index contributed by atoms with van der Waals surface area (Å²) in [6.45, 7) is 6.41. The van der Waals surface area contributed by atoms with Gasteiger partial charge >= 0.3 is 5.97 Å². The minimum Gasteiger partial charge on any atom is -0.497 e. The van der Waals surface area contributed by atoms with Crippen molar-refractivity contribution in [2.75, 3.05) is 7.11 Å². The Balaban J connectivity index is 0.000000410. The average Bonchev–Trinajstić information content (AvgIpc) is 2.80. The van der Waals surface area contributed by atoms with Gasteiger partial charge < -0.3 is 19.5 Å².